The fourth-order valence-electron chi connectivity index (χ4n) is 2.01. The molecule has 0 fully saturated rings. The van der Waals surface area contributed by atoms with E-state index in [1.165, 1.54) is 0 Å². The zero-order valence-electron chi connectivity index (χ0n) is 11.6. The molecule has 1 amide bonds. The van der Waals surface area contributed by atoms with E-state index >= 15 is 0 Å². The van der Waals surface area contributed by atoms with Gasteiger partial charge in [-0.05, 0) is 37.1 Å². The van der Waals surface area contributed by atoms with Crippen molar-refractivity contribution in [1.29, 1.82) is 0 Å². The summed E-state index contributed by atoms with van der Waals surface area (Å²) in [6, 6.07) is 7.97. The summed E-state index contributed by atoms with van der Waals surface area (Å²) < 4.78 is 27.6. The Balaban J connectivity index is 2.17. The monoisotopic (exact) mass is 353 g/mol. The molecule has 0 aliphatic rings. The summed E-state index contributed by atoms with van der Waals surface area (Å²) in [5.74, 6) is -2.07. The van der Waals surface area contributed by atoms with E-state index < -0.39 is 23.2 Å². The van der Waals surface area contributed by atoms with Crippen LogP contribution in [0.4, 0.5) is 14.5 Å². The minimum Gasteiger partial charge on any atom is -0.321 e. The molecule has 0 radical (unpaired) electrons. The van der Waals surface area contributed by atoms with Gasteiger partial charge in [0.2, 0.25) is 5.91 Å². The molecule has 0 aliphatic carbocycles. The molecular formula is C16H14BrF2NO. The number of nitrogens with one attached hydrogen (secondary N) is 1. The lowest BCUT2D eigenvalue weighted by molar-refractivity contribution is -0.115. The highest BCUT2D eigenvalue weighted by atomic mass is 79.9. The second kappa shape index (κ2) is 6.35. The van der Waals surface area contributed by atoms with E-state index in [4.69, 9.17) is 0 Å². The number of aryl methyl sites for hydroxylation is 2. The van der Waals surface area contributed by atoms with Crippen LogP contribution in [0.25, 0.3) is 0 Å². The van der Waals surface area contributed by atoms with Crippen molar-refractivity contribution < 1.29 is 13.6 Å². The molecule has 21 heavy (non-hydrogen) atoms. The maximum atomic E-state index is 13.7. The Morgan fingerprint density at radius 3 is 2.38 bits per heavy atom. The molecular weight excluding hydrogens is 340 g/mol. The van der Waals surface area contributed by atoms with Gasteiger partial charge in [-0.25, -0.2) is 8.78 Å². The Kier molecular flexibility index (Phi) is 4.73. The molecule has 0 saturated carbocycles. The van der Waals surface area contributed by atoms with Gasteiger partial charge in [0, 0.05) is 4.47 Å². The fraction of sp³-hybridized carbons (Fsp3) is 0.188. The van der Waals surface area contributed by atoms with Crippen LogP contribution in [0, 0.1) is 25.5 Å². The molecule has 0 aliphatic heterocycles. The largest absolute Gasteiger partial charge is 0.321 e. The molecule has 2 aromatic carbocycles. The number of hydrogen-bond acceptors (Lipinski definition) is 1. The maximum absolute atomic E-state index is 13.7. The van der Waals surface area contributed by atoms with Crippen LogP contribution in [0.5, 0.6) is 0 Å². The molecule has 110 valence electrons. The highest BCUT2D eigenvalue weighted by Gasteiger charge is 2.14. The van der Waals surface area contributed by atoms with Crippen molar-refractivity contribution in [3.05, 3.63) is 63.1 Å². The number of hydrogen-bond donors (Lipinski definition) is 1. The van der Waals surface area contributed by atoms with E-state index in [1.54, 1.807) is 0 Å². The van der Waals surface area contributed by atoms with Gasteiger partial charge in [-0.2, -0.15) is 0 Å². The lowest BCUT2D eigenvalue weighted by atomic mass is 10.0. The van der Waals surface area contributed by atoms with E-state index in [-0.39, 0.29) is 10.9 Å². The lowest BCUT2D eigenvalue weighted by Gasteiger charge is -2.10. The first-order valence-electron chi connectivity index (χ1n) is 6.37. The molecule has 0 aromatic heterocycles. The normalized spacial score (nSPS) is 10.5. The summed E-state index contributed by atoms with van der Waals surface area (Å²) in [7, 11) is 0. The Morgan fingerprint density at radius 1 is 1.14 bits per heavy atom. The number of anilines is 1. The van der Waals surface area contributed by atoms with Crippen LogP contribution in [-0.4, -0.2) is 5.91 Å². The number of carbonyl (C=O) groups excluding carboxylic acids is 1. The van der Waals surface area contributed by atoms with Crippen molar-refractivity contribution >= 4 is 27.5 Å². The molecule has 0 heterocycles. The van der Waals surface area contributed by atoms with Gasteiger partial charge in [0.05, 0.1) is 6.42 Å². The Labute approximate surface area is 130 Å². The van der Waals surface area contributed by atoms with E-state index in [2.05, 4.69) is 21.2 Å². The van der Waals surface area contributed by atoms with Crippen LogP contribution in [0.1, 0.15) is 16.7 Å². The van der Waals surface area contributed by atoms with E-state index in [0.717, 1.165) is 28.8 Å². The zero-order chi connectivity index (χ0) is 15.6. The summed E-state index contributed by atoms with van der Waals surface area (Å²) in [4.78, 5) is 12.0. The SMILES string of the molecule is Cc1ccc(C)c(CC(=O)Nc2c(F)cc(Br)cc2F)c1. The van der Waals surface area contributed by atoms with Crippen molar-refractivity contribution in [2.75, 3.05) is 5.32 Å². The van der Waals surface area contributed by atoms with Crippen molar-refractivity contribution in [1.82, 2.24) is 0 Å². The van der Waals surface area contributed by atoms with Crippen LogP contribution in [0.3, 0.4) is 0 Å². The Hall–Kier alpha value is -1.75. The summed E-state index contributed by atoms with van der Waals surface area (Å²) in [6.45, 7) is 3.82. The van der Waals surface area contributed by atoms with Gasteiger partial charge in [0.15, 0.2) is 11.6 Å². The van der Waals surface area contributed by atoms with E-state index in [0.29, 0.717) is 0 Å². The van der Waals surface area contributed by atoms with Gasteiger partial charge in [-0.15, -0.1) is 0 Å². The molecule has 0 spiro atoms. The van der Waals surface area contributed by atoms with Crippen LogP contribution >= 0.6 is 15.9 Å². The highest BCUT2D eigenvalue weighted by molar-refractivity contribution is 9.10. The Morgan fingerprint density at radius 2 is 1.76 bits per heavy atom. The van der Waals surface area contributed by atoms with E-state index in [1.807, 2.05) is 32.0 Å². The van der Waals surface area contributed by atoms with Crippen LogP contribution in [-0.2, 0) is 11.2 Å². The van der Waals surface area contributed by atoms with Gasteiger partial charge >= 0.3 is 0 Å². The van der Waals surface area contributed by atoms with Gasteiger partial charge in [-0.3, -0.25) is 4.79 Å². The Bertz CT molecular complexity index is 678. The number of halogens is 3. The third kappa shape index (κ3) is 3.88. The fourth-order valence-corrected chi connectivity index (χ4v) is 2.41. The van der Waals surface area contributed by atoms with Crippen molar-refractivity contribution in [2.45, 2.75) is 20.3 Å². The third-order valence-corrected chi connectivity index (χ3v) is 3.58. The minimum absolute atomic E-state index is 0.0719. The number of amides is 1. The van der Waals surface area contributed by atoms with Crippen LogP contribution in [0.2, 0.25) is 0 Å². The molecule has 5 heteroatoms. The second-order valence-corrected chi connectivity index (χ2v) is 5.82. The average molecular weight is 354 g/mol. The number of carbonyl (C=O) groups is 1. The first-order chi connectivity index (χ1) is 9.86. The second-order valence-electron chi connectivity index (χ2n) is 4.90. The highest BCUT2D eigenvalue weighted by Crippen LogP contribution is 2.24. The van der Waals surface area contributed by atoms with Crippen molar-refractivity contribution in [3.63, 3.8) is 0 Å². The predicted molar refractivity (Wildman–Crippen MR) is 82.3 cm³/mol. The van der Waals surface area contributed by atoms with Crippen molar-refractivity contribution in [2.24, 2.45) is 0 Å². The topological polar surface area (TPSA) is 29.1 Å². The first-order valence-corrected chi connectivity index (χ1v) is 7.16. The number of rotatable bonds is 3. The predicted octanol–water partition coefficient (Wildman–Crippen LogP) is 4.53. The van der Waals surface area contributed by atoms with Gasteiger partial charge < -0.3 is 5.32 Å². The molecule has 0 saturated heterocycles. The third-order valence-electron chi connectivity index (χ3n) is 3.13. The summed E-state index contributed by atoms with van der Waals surface area (Å²) >= 11 is 2.99. The van der Waals surface area contributed by atoms with Crippen LogP contribution < -0.4 is 5.32 Å². The number of benzene rings is 2. The van der Waals surface area contributed by atoms with Gasteiger partial charge in [-0.1, -0.05) is 39.7 Å². The zero-order valence-corrected chi connectivity index (χ0v) is 13.2. The minimum atomic E-state index is -0.809. The van der Waals surface area contributed by atoms with Crippen molar-refractivity contribution in [3.8, 4) is 0 Å². The summed E-state index contributed by atoms with van der Waals surface area (Å²) in [5, 5.41) is 2.29. The lowest BCUT2D eigenvalue weighted by Crippen LogP contribution is -2.17. The smallest absolute Gasteiger partial charge is 0.228 e. The summed E-state index contributed by atoms with van der Waals surface area (Å²) in [5.41, 5.74) is 2.41. The van der Waals surface area contributed by atoms with Crippen LogP contribution in [0.15, 0.2) is 34.8 Å². The molecule has 1 N–H and O–H groups in total. The first kappa shape index (κ1) is 15.6. The maximum Gasteiger partial charge on any atom is 0.228 e. The molecule has 0 bridgehead atoms. The summed E-state index contributed by atoms with van der Waals surface area (Å²) in [6.07, 6.45) is 0.0719. The molecule has 2 rings (SSSR count). The van der Waals surface area contributed by atoms with Gasteiger partial charge in [0.25, 0.3) is 0 Å². The van der Waals surface area contributed by atoms with Gasteiger partial charge in [0.1, 0.15) is 5.69 Å². The molecule has 2 nitrogen and oxygen atoms in total. The molecule has 2 aromatic rings. The standard InChI is InChI=1S/C16H14BrF2NO/c1-9-3-4-10(2)11(5-9)6-15(21)20-16-13(18)7-12(17)8-14(16)19/h3-5,7-8H,6H2,1-2H3,(H,20,21). The average Bonchev–Trinajstić information content (AvgIpc) is 2.38. The molecule has 0 atom stereocenters. The quantitative estimate of drug-likeness (QED) is 0.863. The molecule has 0 unspecified atom stereocenters. The van der Waals surface area contributed by atoms with E-state index in [9.17, 15) is 13.6 Å².